The first-order valence-electron chi connectivity index (χ1n) is 5.98. The molecule has 1 aromatic carbocycles. The van der Waals surface area contributed by atoms with Crippen LogP contribution in [0.15, 0.2) is 24.3 Å². The molecule has 0 aliphatic carbocycles. The average Bonchev–Trinajstić information content (AvgIpc) is 2.25. The average molecular weight is 238 g/mol. The summed E-state index contributed by atoms with van der Waals surface area (Å²) in [4.78, 5) is 2.12. The van der Waals surface area contributed by atoms with Gasteiger partial charge in [0.1, 0.15) is 5.82 Å². The quantitative estimate of drug-likeness (QED) is 0.854. The molecule has 0 bridgehead atoms. The van der Waals surface area contributed by atoms with Gasteiger partial charge in [0, 0.05) is 6.04 Å². The highest BCUT2D eigenvalue weighted by Gasteiger charge is 2.24. The molecular weight excluding hydrogens is 215 g/mol. The summed E-state index contributed by atoms with van der Waals surface area (Å²) in [6.45, 7) is 4.91. The Morgan fingerprint density at radius 2 is 2.00 bits per heavy atom. The van der Waals surface area contributed by atoms with Crippen LogP contribution in [-0.2, 0) is 0 Å². The van der Waals surface area contributed by atoms with Gasteiger partial charge in [0.25, 0.3) is 0 Å². The number of halogens is 1. The summed E-state index contributed by atoms with van der Waals surface area (Å²) in [6.07, 6.45) is 0.917. The molecule has 2 nitrogen and oxygen atoms in total. The summed E-state index contributed by atoms with van der Waals surface area (Å²) in [7, 11) is 4.03. The van der Waals surface area contributed by atoms with E-state index in [0.29, 0.717) is 6.54 Å². The van der Waals surface area contributed by atoms with Gasteiger partial charge in [-0.25, -0.2) is 4.39 Å². The summed E-state index contributed by atoms with van der Waals surface area (Å²) in [5, 5.41) is 0. The summed E-state index contributed by atoms with van der Waals surface area (Å²) < 4.78 is 13.3. The van der Waals surface area contributed by atoms with Gasteiger partial charge in [-0.1, -0.05) is 26.0 Å². The third-order valence-corrected chi connectivity index (χ3v) is 3.16. The SMILES string of the molecule is CN(C)C(CC(C)(C)CN)c1cccc(F)c1. The Labute approximate surface area is 104 Å². The molecule has 0 amide bonds. The summed E-state index contributed by atoms with van der Waals surface area (Å²) in [5.74, 6) is -0.181. The molecule has 1 rings (SSSR count). The number of hydrogen-bond acceptors (Lipinski definition) is 2. The fourth-order valence-corrected chi connectivity index (χ4v) is 1.92. The standard InChI is InChI=1S/C14H23FN2/c1-14(2,10-16)9-13(17(3)4)11-6-5-7-12(15)8-11/h5-8,13H,9-10,16H2,1-4H3. The third kappa shape index (κ3) is 4.10. The monoisotopic (exact) mass is 238 g/mol. The fraction of sp³-hybridized carbons (Fsp3) is 0.571. The molecule has 0 saturated heterocycles. The molecule has 1 aromatic rings. The van der Waals surface area contributed by atoms with E-state index in [0.717, 1.165) is 12.0 Å². The van der Waals surface area contributed by atoms with Crippen LogP contribution in [0.5, 0.6) is 0 Å². The van der Waals surface area contributed by atoms with Gasteiger partial charge >= 0.3 is 0 Å². The largest absolute Gasteiger partial charge is 0.330 e. The maximum absolute atomic E-state index is 13.3. The highest BCUT2D eigenvalue weighted by atomic mass is 19.1. The van der Waals surface area contributed by atoms with Crippen LogP contribution in [0.2, 0.25) is 0 Å². The highest BCUT2D eigenvalue weighted by Crippen LogP contribution is 2.32. The Morgan fingerprint density at radius 1 is 1.35 bits per heavy atom. The first-order chi connectivity index (χ1) is 7.85. The Hall–Kier alpha value is -0.930. The zero-order valence-electron chi connectivity index (χ0n) is 11.2. The zero-order chi connectivity index (χ0) is 13.1. The minimum atomic E-state index is -0.181. The zero-order valence-corrected chi connectivity index (χ0v) is 11.2. The van der Waals surface area contributed by atoms with Gasteiger partial charge in [0.15, 0.2) is 0 Å². The lowest BCUT2D eigenvalue weighted by molar-refractivity contribution is 0.202. The molecular formula is C14H23FN2. The highest BCUT2D eigenvalue weighted by molar-refractivity contribution is 5.20. The van der Waals surface area contributed by atoms with Crippen LogP contribution < -0.4 is 5.73 Å². The molecule has 0 spiro atoms. The maximum Gasteiger partial charge on any atom is 0.123 e. The lowest BCUT2D eigenvalue weighted by Crippen LogP contribution is -2.31. The molecule has 2 N–H and O–H groups in total. The smallest absolute Gasteiger partial charge is 0.123 e. The van der Waals surface area contributed by atoms with E-state index in [4.69, 9.17) is 5.73 Å². The number of nitrogens with zero attached hydrogens (tertiary/aromatic N) is 1. The molecule has 0 aromatic heterocycles. The second-order valence-corrected chi connectivity index (χ2v) is 5.61. The minimum Gasteiger partial charge on any atom is -0.330 e. The lowest BCUT2D eigenvalue weighted by Gasteiger charge is -2.33. The van der Waals surface area contributed by atoms with Gasteiger partial charge < -0.3 is 10.6 Å². The van der Waals surface area contributed by atoms with Crippen LogP contribution in [0.4, 0.5) is 4.39 Å². The molecule has 96 valence electrons. The lowest BCUT2D eigenvalue weighted by atomic mass is 9.83. The van der Waals surface area contributed by atoms with Crippen LogP contribution in [0.25, 0.3) is 0 Å². The minimum absolute atomic E-state index is 0.0568. The molecule has 0 heterocycles. The first kappa shape index (κ1) is 14.1. The number of benzene rings is 1. The van der Waals surface area contributed by atoms with Crippen LogP contribution in [-0.4, -0.2) is 25.5 Å². The van der Waals surface area contributed by atoms with Crippen molar-refractivity contribution in [1.82, 2.24) is 4.90 Å². The van der Waals surface area contributed by atoms with Crippen molar-refractivity contribution >= 4 is 0 Å². The van der Waals surface area contributed by atoms with E-state index in [-0.39, 0.29) is 17.3 Å². The van der Waals surface area contributed by atoms with Crippen molar-refractivity contribution in [2.24, 2.45) is 11.1 Å². The van der Waals surface area contributed by atoms with Crippen LogP contribution in [0, 0.1) is 11.2 Å². The second-order valence-electron chi connectivity index (χ2n) is 5.61. The van der Waals surface area contributed by atoms with E-state index in [2.05, 4.69) is 18.7 Å². The van der Waals surface area contributed by atoms with Crippen LogP contribution in [0.1, 0.15) is 31.9 Å². The Morgan fingerprint density at radius 3 is 2.47 bits per heavy atom. The van der Waals surface area contributed by atoms with E-state index < -0.39 is 0 Å². The van der Waals surface area contributed by atoms with Gasteiger partial charge in [-0.15, -0.1) is 0 Å². The molecule has 17 heavy (non-hydrogen) atoms. The van der Waals surface area contributed by atoms with Crippen molar-refractivity contribution in [3.8, 4) is 0 Å². The summed E-state index contributed by atoms with van der Waals surface area (Å²) >= 11 is 0. The van der Waals surface area contributed by atoms with Gasteiger partial charge in [0.2, 0.25) is 0 Å². The molecule has 0 aliphatic rings. The van der Waals surface area contributed by atoms with Crippen LogP contribution in [0.3, 0.4) is 0 Å². The van der Waals surface area contributed by atoms with Crippen molar-refractivity contribution in [3.63, 3.8) is 0 Å². The molecule has 0 fully saturated rings. The molecule has 3 heteroatoms. The predicted octanol–water partition coefficient (Wildman–Crippen LogP) is 2.80. The van der Waals surface area contributed by atoms with Gasteiger partial charge in [-0.3, -0.25) is 0 Å². The van der Waals surface area contributed by atoms with Crippen molar-refractivity contribution < 1.29 is 4.39 Å². The Bertz CT molecular complexity index is 361. The van der Waals surface area contributed by atoms with E-state index in [9.17, 15) is 4.39 Å². The second kappa shape index (κ2) is 5.61. The van der Waals surface area contributed by atoms with Gasteiger partial charge in [0.05, 0.1) is 0 Å². The van der Waals surface area contributed by atoms with E-state index in [1.165, 1.54) is 6.07 Å². The summed E-state index contributed by atoms with van der Waals surface area (Å²) in [6, 6.07) is 7.02. The first-order valence-corrected chi connectivity index (χ1v) is 5.98. The number of hydrogen-bond donors (Lipinski definition) is 1. The maximum atomic E-state index is 13.3. The fourth-order valence-electron chi connectivity index (χ4n) is 1.92. The van der Waals surface area contributed by atoms with Gasteiger partial charge in [-0.2, -0.15) is 0 Å². The van der Waals surface area contributed by atoms with Crippen LogP contribution >= 0.6 is 0 Å². The van der Waals surface area contributed by atoms with Gasteiger partial charge in [-0.05, 0) is 50.2 Å². The van der Waals surface area contributed by atoms with Crippen molar-refractivity contribution in [2.75, 3.05) is 20.6 Å². The summed E-state index contributed by atoms with van der Waals surface area (Å²) in [5.41, 5.74) is 6.84. The van der Waals surface area contributed by atoms with Crippen molar-refractivity contribution in [2.45, 2.75) is 26.3 Å². The van der Waals surface area contributed by atoms with E-state index in [1.54, 1.807) is 12.1 Å². The molecule has 1 atom stereocenters. The Kier molecular flexibility index (Phi) is 4.66. The predicted molar refractivity (Wildman–Crippen MR) is 70.3 cm³/mol. The van der Waals surface area contributed by atoms with Crippen molar-refractivity contribution in [1.29, 1.82) is 0 Å². The van der Waals surface area contributed by atoms with Crippen molar-refractivity contribution in [3.05, 3.63) is 35.6 Å². The topological polar surface area (TPSA) is 29.3 Å². The Balaban J connectivity index is 2.94. The molecule has 1 unspecified atom stereocenters. The normalized spacial score (nSPS) is 14.1. The molecule has 0 radical (unpaired) electrons. The number of nitrogens with two attached hydrogens (primary N) is 1. The van der Waals surface area contributed by atoms with E-state index in [1.807, 2.05) is 20.2 Å². The molecule has 0 saturated carbocycles. The molecule has 0 aliphatic heterocycles. The third-order valence-electron chi connectivity index (χ3n) is 3.16. The number of rotatable bonds is 5. The van der Waals surface area contributed by atoms with E-state index >= 15 is 0 Å².